The van der Waals surface area contributed by atoms with Crippen LogP contribution in [0.5, 0.6) is 5.75 Å². The molecule has 0 aliphatic carbocycles. The van der Waals surface area contributed by atoms with Gasteiger partial charge in [0.15, 0.2) is 0 Å². The smallest absolute Gasteiger partial charge is 0.305 e. The Morgan fingerprint density at radius 3 is 1.35 bits per heavy atom. The van der Waals surface area contributed by atoms with Gasteiger partial charge in [-0.05, 0) is 92.1 Å². The average molecular weight is 1040 g/mol. The Kier molecular flexibility index (Phi) is 37.8. The molecule has 75 heavy (non-hydrogen) atoms. The highest BCUT2D eigenvalue weighted by Gasteiger charge is 2.37. The maximum absolute atomic E-state index is 12.8. The minimum Gasteiger partial charge on any atom is -0.497 e. The number of aliphatic hydroxyl groups excluding tert-OH is 1. The maximum Gasteiger partial charge on any atom is 0.305 e. The highest BCUT2D eigenvalue weighted by Crippen LogP contribution is 2.41. The summed E-state index contributed by atoms with van der Waals surface area (Å²) >= 11 is 0. The summed E-state index contributed by atoms with van der Waals surface area (Å²) in [5.74, 6) is 1.93. The number of unbranched alkanes of at least 4 members (excludes halogenated alkanes) is 16. The molecule has 0 radical (unpaired) electrons. The predicted molar refractivity (Wildman–Crippen MR) is 313 cm³/mol. The number of methoxy groups -OCH3 is 1. The van der Waals surface area contributed by atoms with E-state index in [4.69, 9.17) is 18.9 Å². The molecular formula is C67H109NO7. The SMILES string of the molecule is CCCCCCCC(CCCCC)CCOC(=O)CCCCCCN(CCCOC(c1ccccc1)(c1ccccc1)c1ccc(OC)cc1)CC(O)CCCCC(=O)OCCC(CCCCC)CCCCCCC. The average Bonchev–Trinajstić information content (AvgIpc) is 3.43. The summed E-state index contributed by atoms with van der Waals surface area (Å²) in [4.78, 5) is 28.0. The van der Waals surface area contributed by atoms with Gasteiger partial charge in [0.25, 0.3) is 0 Å². The zero-order valence-electron chi connectivity index (χ0n) is 48.5. The summed E-state index contributed by atoms with van der Waals surface area (Å²) < 4.78 is 24.3. The lowest BCUT2D eigenvalue weighted by atomic mass is 9.80. The number of ether oxygens (including phenoxy) is 4. The van der Waals surface area contributed by atoms with Gasteiger partial charge in [-0.25, -0.2) is 0 Å². The molecule has 0 aliphatic rings. The molecule has 8 nitrogen and oxygen atoms in total. The van der Waals surface area contributed by atoms with E-state index in [0.29, 0.717) is 63.9 Å². The van der Waals surface area contributed by atoms with Crippen molar-refractivity contribution in [2.24, 2.45) is 11.8 Å². The van der Waals surface area contributed by atoms with Crippen molar-refractivity contribution < 1.29 is 33.6 Å². The van der Waals surface area contributed by atoms with Gasteiger partial charge in [0.05, 0.1) is 26.4 Å². The van der Waals surface area contributed by atoms with Crippen LogP contribution in [-0.4, -0.2) is 74.6 Å². The van der Waals surface area contributed by atoms with Crippen molar-refractivity contribution in [2.45, 2.75) is 245 Å². The fourth-order valence-electron chi connectivity index (χ4n) is 10.9. The summed E-state index contributed by atoms with van der Waals surface area (Å²) in [6.07, 6.45) is 34.7. The molecule has 0 aromatic heterocycles. The van der Waals surface area contributed by atoms with E-state index in [0.717, 1.165) is 86.9 Å². The number of aliphatic hydroxyl groups is 1. The van der Waals surface area contributed by atoms with Crippen LogP contribution in [0.1, 0.15) is 250 Å². The van der Waals surface area contributed by atoms with Crippen LogP contribution in [0.25, 0.3) is 0 Å². The summed E-state index contributed by atoms with van der Waals surface area (Å²) in [5, 5.41) is 11.5. The third-order valence-corrected chi connectivity index (χ3v) is 15.5. The second-order valence-corrected chi connectivity index (χ2v) is 21.9. The lowest BCUT2D eigenvalue weighted by Gasteiger charge is -2.36. The number of rotatable bonds is 49. The van der Waals surface area contributed by atoms with Gasteiger partial charge in [-0.3, -0.25) is 9.59 Å². The molecule has 0 spiro atoms. The second-order valence-electron chi connectivity index (χ2n) is 21.9. The van der Waals surface area contributed by atoms with Crippen LogP contribution in [0.3, 0.4) is 0 Å². The number of nitrogens with zero attached hydrogens (tertiary/aromatic N) is 1. The summed E-state index contributed by atoms with van der Waals surface area (Å²) in [5.41, 5.74) is 2.30. The Morgan fingerprint density at radius 2 is 0.853 bits per heavy atom. The zero-order valence-corrected chi connectivity index (χ0v) is 48.5. The molecular weight excluding hydrogens is 931 g/mol. The molecule has 424 valence electrons. The lowest BCUT2D eigenvalue weighted by Crippen LogP contribution is -2.36. The van der Waals surface area contributed by atoms with E-state index >= 15 is 0 Å². The Labute approximate surface area is 459 Å². The van der Waals surface area contributed by atoms with Gasteiger partial charge in [0.1, 0.15) is 11.4 Å². The minimum atomic E-state index is -0.837. The lowest BCUT2D eigenvalue weighted by molar-refractivity contribution is -0.145. The van der Waals surface area contributed by atoms with Gasteiger partial charge in [-0.1, -0.05) is 248 Å². The number of benzene rings is 3. The van der Waals surface area contributed by atoms with Crippen molar-refractivity contribution in [1.29, 1.82) is 0 Å². The molecule has 3 rings (SSSR count). The van der Waals surface area contributed by atoms with Crippen LogP contribution < -0.4 is 4.74 Å². The molecule has 0 aliphatic heterocycles. The largest absolute Gasteiger partial charge is 0.497 e. The molecule has 0 amide bonds. The molecule has 8 heteroatoms. The fraction of sp³-hybridized carbons (Fsp3) is 0.701. The van der Waals surface area contributed by atoms with Crippen molar-refractivity contribution in [3.8, 4) is 5.75 Å². The van der Waals surface area contributed by atoms with Crippen LogP contribution >= 0.6 is 0 Å². The van der Waals surface area contributed by atoms with Crippen LogP contribution in [0.2, 0.25) is 0 Å². The highest BCUT2D eigenvalue weighted by molar-refractivity contribution is 5.69. The third-order valence-electron chi connectivity index (χ3n) is 15.5. The van der Waals surface area contributed by atoms with Crippen molar-refractivity contribution in [3.63, 3.8) is 0 Å². The van der Waals surface area contributed by atoms with Crippen LogP contribution in [0.15, 0.2) is 84.9 Å². The molecule has 3 unspecified atom stereocenters. The number of hydrogen-bond acceptors (Lipinski definition) is 8. The van der Waals surface area contributed by atoms with Crippen LogP contribution in [0, 0.1) is 11.8 Å². The summed E-state index contributed by atoms with van der Waals surface area (Å²) in [6, 6.07) is 29.1. The van der Waals surface area contributed by atoms with Crippen molar-refractivity contribution >= 4 is 11.9 Å². The first-order chi connectivity index (χ1) is 36.8. The van der Waals surface area contributed by atoms with E-state index in [-0.39, 0.29) is 11.9 Å². The number of carbonyl (C=O) groups is 2. The van der Waals surface area contributed by atoms with E-state index < -0.39 is 11.7 Å². The monoisotopic (exact) mass is 1040 g/mol. The Balaban J connectivity index is 1.56. The molecule has 0 fully saturated rings. The number of esters is 2. The van der Waals surface area contributed by atoms with Crippen molar-refractivity contribution in [1.82, 2.24) is 4.90 Å². The van der Waals surface area contributed by atoms with Gasteiger partial charge in [-0.2, -0.15) is 0 Å². The Bertz CT molecular complexity index is 1750. The maximum atomic E-state index is 12.8. The van der Waals surface area contributed by atoms with E-state index in [1.807, 2.05) is 24.3 Å². The molecule has 0 bridgehead atoms. The normalized spacial score (nSPS) is 12.9. The first-order valence-corrected chi connectivity index (χ1v) is 30.9. The Morgan fingerprint density at radius 1 is 0.453 bits per heavy atom. The Hall–Kier alpha value is -3.72. The zero-order chi connectivity index (χ0) is 53.9. The first-order valence-electron chi connectivity index (χ1n) is 30.9. The van der Waals surface area contributed by atoms with Crippen molar-refractivity contribution in [2.75, 3.05) is 46.6 Å². The predicted octanol–water partition coefficient (Wildman–Crippen LogP) is 17.5. The molecule has 0 saturated carbocycles. The topological polar surface area (TPSA) is 94.5 Å². The fourth-order valence-corrected chi connectivity index (χ4v) is 10.9. The van der Waals surface area contributed by atoms with E-state index in [1.54, 1.807) is 7.11 Å². The summed E-state index contributed by atoms with van der Waals surface area (Å²) in [6.45, 7) is 12.8. The van der Waals surface area contributed by atoms with Gasteiger partial charge in [0.2, 0.25) is 0 Å². The third kappa shape index (κ3) is 29.0. The van der Waals surface area contributed by atoms with Crippen molar-refractivity contribution in [3.05, 3.63) is 102 Å². The van der Waals surface area contributed by atoms with Gasteiger partial charge in [-0.15, -0.1) is 0 Å². The molecule has 0 saturated heterocycles. The van der Waals surface area contributed by atoms with E-state index in [1.165, 1.54) is 128 Å². The standard InChI is InChI=1S/C67H109NO7/c1-6-10-14-16-24-37-58(35-22-12-8-3)50-55-73-65(70)44-30-18-19-33-52-68(57-63(69)43-31-32-45-66(71)74-56-51-59(36-23-13-9-4)38-25-17-15-11-7-2)53-34-54-75-67(60-39-26-20-27-40-60,61-41-28-21-29-42-61)62-46-48-64(72-5)49-47-62/h20-21,26-29,39-42,46-49,58-59,63,69H,6-19,22-25,30-38,43-45,50-57H2,1-5H3. The first kappa shape index (κ1) is 65.6. The van der Waals surface area contributed by atoms with E-state index in [2.05, 4.69) is 93.3 Å². The summed E-state index contributed by atoms with van der Waals surface area (Å²) in [7, 11) is 1.69. The second kappa shape index (κ2) is 43.3. The van der Waals surface area contributed by atoms with Gasteiger partial charge in [0, 0.05) is 32.5 Å². The molecule has 0 heterocycles. The quantitative estimate of drug-likeness (QED) is 0.0340. The number of carbonyl (C=O) groups excluding carboxylic acids is 2. The number of hydrogen-bond donors (Lipinski definition) is 1. The molecule has 1 N–H and O–H groups in total. The molecule has 3 atom stereocenters. The van der Waals surface area contributed by atoms with E-state index in [9.17, 15) is 14.7 Å². The molecule has 3 aromatic rings. The minimum absolute atomic E-state index is 0.0603. The van der Waals surface area contributed by atoms with Gasteiger partial charge < -0.3 is 29.0 Å². The van der Waals surface area contributed by atoms with Gasteiger partial charge >= 0.3 is 11.9 Å². The van der Waals surface area contributed by atoms with Crippen LogP contribution in [-0.2, 0) is 29.4 Å². The highest BCUT2D eigenvalue weighted by atomic mass is 16.5. The molecule has 3 aromatic carbocycles. The van der Waals surface area contributed by atoms with Crippen LogP contribution in [0.4, 0.5) is 0 Å².